The van der Waals surface area contributed by atoms with Gasteiger partial charge in [0.1, 0.15) is 0 Å². The highest BCUT2D eigenvalue weighted by atomic mass is 35.5. The third-order valence-corrected chi connectivity index (χ3v) is 3.03. The maximum Gasteiger partial charge on any atom is 0.151 e. The highest BCUT2D eigenvalue weighted by molar-refractivity contribution is 6.27. The van der Waals surface area contributed by atoms with E-state index in [9.17, 15) is 4.79 Å². The lowest BCUT2D eigenvalue weighted by atomic mass is 9.95. The molecule has 1 nitrogen and oxygen atoms in total. The van der Waals surface area contributed by atoms with E-state index in [0.717, 1.165) is 12.0 Å². The number of alkyl halides is 1. The molecule has 0 aliphatic carbocycles. The van der Waals surface area contributed by atoms with Crippen LogP contribution in [0.25, 0.3) is 0 Å². The molecule has 0 saturated carbocycles. The van der Waals surface area contributed by atoms with E-state index in [4.69, 9.17) is 11.6 Å². The van der Waals surface area contributed by atoms with Crippen molar-refractivity contribution in [1.82, 2.24) is 0 Å². The van der Waals surface area contributed by atoms with Crippen LogP contribution in [0.3, 0.4) is 0 Å². The number of Topliss-reactive ketones (excluding diaryl/α,β-unsaturated/α-hetero) is 1. The van der Waals surface area contributed by atoms with Crippen molar-refractivity contribution in [2.75, 3.05) is 5.88 Å². The van der Waals surface area contributed by atoms with Crippen LogP contribution >= 0.6 is 11.6 Å². The Morgan fingerprint density at radius 3 is 2.20 bits per heavy atom. The van der Waals surface area contributed by atoms with Gasteiger partial charge in [-0.15, -0.1) is 11.6 Å². The van der Waals surface area contributed by atoms with Gasteiger partial charge in [-0.2, -0.15) is 0 Å². The number of hydrogen-bond acceptors (Lipinski definition) is 1. The number of hydrogen-bond donors (Lipinski definition) is 0. The Kier molecular flexibility index (Phi) is 4.34. The Morgan fingerprint density at radius 2 is 1.73 bits per heavy atom. The lowest BCUT2D eigenvalue weighted by Crippen LogP contribution is -2.07. The molecule has 0 fully saturated rings. The monoisotopic (exact) mass is 224 g/mol. The van der Waals surface area contributed by atoms with Gasteiger partial charge >= 0.3 is 0 Å². The largest absolute Gasteiger partial charge is 0.298 e. The van der Waals surface area contributed by atoms with Gasteiger partial charge < -0.3 is 0 Å². The molecular formula is C13H17ClO. The fourth-order valence-corrected chi connectivity index (χ4v) is 1.78. The average Bonchev–Trinajstić information content (AvgIpc) is 2.22. The molecule has 82 valence electrons. The summed E-state index contributed by atoms with van der Waals surface area (Å²) in [7, 11) is 0. The third kappa shape index (κ3) is 3.07. The number of benzene rings is 1. The van der Waals surface area contributed by atoms with Crippen molar-refractivity contribution in [3.8, 4) is 0 Å². The van der Waals surface area contributed by atoms with Gasteiger partial charge in [-0.1, -0.05) is 19.1 Å². The van der Waals surface area contributed by atoms with Crippen molar-refractivity contribution in [2.24, 2.45) is 0 Å². The molecule has 0 bridgehead atoms. The summed E-state index contributed by atoms with van der Waals surface area (Å²) in [5, 5.41) is 0. The molecule has 0 amide bonds. The Balaban J connectivity index is 3.05. The number of ketones is 1. The normalized spacial score (nSPS) is 10.4. The summed E-state index contributed by atoms with van der Waals surface area (Å²) in [6.45, 7) is 6.28. The SMILES string of the molecule is CCc1cc(C)c(C)cc1CC(=O)CCl. The van der Waals surface area contributed by atoms with Crippen LogP contribution in [0.1, 0.15) is 29.2 Å². The number of aryl methyl sites for hydroxylation is 3. The van der Waals surface area contributed by atoms with Gasteiger partial charge in [0.25, 0.3) is 0 Å². The summed E-state index contributed by atoms with van der Waals surface area (Å²) in [4.78, 5) is 11.3. The van der Waals surface area contributed by atoms with Gasteiger partial charge in [0, 0.05) is 6.42 Å². The predicted molar refractivity (Wildman–Crippen MR) is 64.7 cm³/mol. The highest BCUT2D eigenvalue weighted by Crippen LogP contribution is 2.17. The molecule has 0 aromatic heterocycles. The summed E-state index contributed by atoms with van der Waals surface area (Å²) in [6.07, 6.45) is 1.43. The number of carbonyl (C=O) groups is 1. The molecule has 2 heteroatoms. The Morgan fingerprint density at radius 1 is 1.20 bits per heavy atom. The first-order valence-electron chi connectivity index (χ1n) is 5.25. The number of halogens is 1. The molecule has 1 rings (SSSR count). The smallest absolute Gasteiger partial charge is 0.151 e. The van der Waals surface area contributed by atoms with E-state index in [1.807, 2.05) is 0 Å². The fourth-order valence-electron chi connectivity index (χ4n) is 1.69. The van der Waals surface area contributed by atoms with Crippen molar-refractivity contribution >= 4 is 17.4 Å². The van der Waals surface area contributed by atoms with Gasteiger partial charge in [-0.3, -0.25) is 4.79 Å². The molecule has 1 aromatic carbocycles. The standard InChI is InChI=1S/C13H17ClO/c1-4-11-5-9(2)10(3)6-12(11)7-13(15)8-14/h5-6H,4,7-8H2,1-3H3. The van der Waals surface area contributed by atoms with Crippen molar-refractivity contribution in [3.63, 3.8) is 0 Å². The summed E-state index contributed by atoms with van der Waals surface area (Å²) < 4.78 is 0. The molecule has 0 spiro atoms. The van der Waals surface area contributed by atoms with Crippen LogP contribution < -0.4 is 0 Å². The molecule has 0 unspecified atom stereocenters. The van der Waals surface area contributed by atoms with Crippen molar-refractivity contribution in [3.05, 3.63) is 34.4 Å². The molecule has 0 N–H and O–H groups in total. The molecule has 1 aromatic rings. The maximum absolute atomic E-state index is 11.3. The van der Waals surface area contributed by atoms with Gasteiger partial charge in [0.05, 0.1) is 5.88 Å². The van der Waals surface area contributed by atoms with Crippen LogP contribution in [-0.4, -0.2) is 11.7 Å². The maximum atomic E-state index is 11.3. The quantitative estimate of drug-likeness (QED) is 0.718. The highest BCUT2D eigenvalue weighted by Gasteiger charge is 2.08. The second kappa shape index (κ2) is 5.32. The van der Waals surface area contributed by atoms with E-state index < -0.39 is 0 Å². The van der Waals surface area contributed by atoms with E-state index in [1.165, 1.54) is 16.7 Å². The minimum Gasteiger partial charge on any atom is -0.298 e. The average molecular weight is 225 g/mol. The first kappa shape index (κ1) is 12.3. The topological polar surface area (TPSA) is 17.1 Å². The van der Waals surface area contributed by atoms with Crippen LogP contribution in [0, 0.1) is 13.8 Å². The summed E-state index contributed by atoms with van der Waals surface area (Å²) in [5.41, 5.74) is 4.92. The lowest BCUT2D eigenvalue weighted by Gasteiger charge is -2.10. The van der Waals surface area contributed by atoms with Crippen LogP contribution in [0.2, 0.25) is 0 Å². The number of carbonyl (C=O) groups excluding carboxylic acids is 1. The van der Waals surface area contributed by atoms with Gasteiger partial charge in [0.15, 0.2) is 5.78 Å². The fraction of sp³-hybridized carbons (Fsp3) is 0.462. The van der Waals surface area contributed by atoms with E-state index in [-0.39, 0.29) is 11.7 Å². The summed E-state index contributed by atoms with van der Waals surface area (Å²) in [5.74, 6) is 0.199. The van der Waals surface area contributed by atoms with Crippen LogP contribution in [0.4, 0.5) is 0 Å². The van der Waals surface area contributed by atoms with E-state index in [0.29, 0.717) is 6.42 Å². The van der Waals surface area contributed by atoms with Crippen molar-refractivity contribution in [1.29, 1.82) is 0 Å². The minimum atomic E-state index is 0.0922. The molecular weight excluding hydrogens is 208 g/mol. The molecule has 0 saturated heterocycles. The Hall–Kier alpha value is -0.820. The van der Waals surface area contributed by atoms with E-state index in [2.05, 4.69) is 32.9 Å². The van der Waals surface area contributed by atoms with E-state index in [1.54, 1.807) is 0 Å². The van der Waals surface area contributed by atoms with Crippen LogP contribution in [0.5, 0.6) is 0 Å². The van der Waals surface area contributed by atoms with Gasteiger partial charge in [-0.25, -0.2) is 0 Å². The predicted octanol–water partition coefficient (Wildman–Crippen LogP) is 3.22. The first-order chi connectivity index (χ1) is 7.08. The van der Waals surface area contributed by atoms with Crippen molar-refractivity contribution < 1.29 is 4.79 Å². The van der Waals surface area contributed by atoms with Gasteiger partial charge in [-0.05, 0) is 42.5 Å². The second-order valence-electron chi connectivity index (χ2n) is 3.91. The summed E-state index contributed by atoms with van der Waals surface area (Å²) >= 11 is 5.52. The Bertz CT molecular complexity index is 369. The van der Waals surface area contributed by atoms with Gasteiger partial charge in [0.2, 0.25) is 0 Å². The zero-order valence-corrected chi connectivity index (χ0v) is 10.3. The molecule has 0 radical (unpaired) electrons. The lowest BCUT2D eigenvalue weighted by molar-refractivity contribution is -0.116. The van der Waals surface area contributed by atoms with E-state index >= 15 is 0 Å². The zero-order valence-electron chi connectivity index (χ0n) is 9.56. The molecule has 0 heterocycles. The van der Waals surface area contributed by atoms with Crippen LogP contribution in [0.15, 0.2) is 12.1 Å². The number of rotatable bonds is 4. The summed E-state index contributed by atoms with van der Waals surface area (Å²) in [6, 6.07) is 4.28. The zero-order chi connectivity index (χ0) is 11.4. The third-order valence-electron chi connectivity index (χ3n) is 2.73. The van der Waals surface area contributed by atoms with Crippen LogP contribution in [-0.2, 0) is 17.6 Å². The first-order valence-corrected chi connectivity index (χ1v) is 5.78. The minimum absolute atomic E-state index is 0.0922. The molecule has 15 heavy (non-hydrogen) atoms. The molecule has 0 aliphatic heterocycles. The second-order valence-corrected chi connectivity index (χ2v) is 4.18. The Labute approximate surface area is 96.5 Å². The van der Waals surface area contributed by atoms with Crippen molar-refractivity contribution in [2.45, 2.75) is 33.6 Å². The molecule has 0 aliphatic rings. The molecule has 0 atom stereocenters.